The number of hydrogen-bond donors (Lipinski definition) is 0. The maximum absolute atomic E-state index is 13.6. The van der Waals surface area contributed by atoms with Crippen LogP contribution in [0.25, 0.3) is 11.7 Å². The van der Waals surface area contributed by atoms with E-state index in [2.05, 4.69) is 18.7 Å². The molecule has 1 saturated carbocycles. The molecule has 1 amide bonds. The maximum Gasteiger partial charge on any atom is 0.267 e. The zero-order valence-electron chi connectivity index (χ0n) is 18.5. The highest BCUT2D eigenvalue weighted by molar-refractivity contribution is 8.26. The number of carbonyl (C=O) groups excluding carboxylic acids is 1. The van der Waals surface area contributed by atoms with Crippen LogP contribution in [0.15, 0.2) is 34.1 Å². The number of rotatable bonds is 3. The van der Waals surface area contributed by atoms with E-state index >= 15 is 0 Å². The molecule has 0 bridgehead atoms. The first-order valence-corrected chi connectivity index (χ1v) is 12.7. The number of fused-ring (bicyclic) bond motifs is 1. The summed E-state index contributed by atoms with van der Waals surface area (Å²) >= 11 is 6.87. The summed E-state index contributed by atoms with van der Waals surface area (Å²) in [6.07, 6.45) is 8.89. The van der Waals surface area contributed by atoms with Crippen molar-refractivity contribution in [3.63, 3.8) is 0 Å². The molecule has 3 aliphatic rings. The first kappa shape index (κ1) is 21.6. The SMILES string of the molecule is CC1CC(C)CN(c2nc3ccccn3c(=O)c2/C=C2\SC(=S)N(C3CCCC3)C2=O)C1. The van der Waals surface area contributed by atoms with E-state index in [0.717, 1.165) is 38.8 Å². The van der Waals surface area contributed by atoms with Gasteiger partial charge in [0.1, 0.15) is 15.8 Å². The summed E-state index contributed by atoms with van der Waals surface area (Å²) < 4.78 is 2.16. The van der Waals surface area contributed by atoms with E-state index in [-0.39, 0.29) is 17.5 Å². The molecule has 2 aliphatic heterocycles. The Balaban J connectivity index is 1.61. The van der Waals surface area contributed by atoms with Gasteiger partial charge in [-0.3, -0.25) is 18.9 Å². The van der Waals surface area contributed by atoms with Crippen molar-refractivity contribution < 1.29 is 4.79 Å². The Hall–Kier alpha value is -2.19. The number of thioether (sulfide) groups is 1. The highest BCUT2D eigenvalue weighted by Crippen LogP contribution is 2.38. The van der Waals surface area contributed by atoms with Crippen molar-refractivity contribution in [3.05, 3.63) is 45.2 Å². The molecule has 32 heavy (non-hydrogen) atoms. The van der Waals surface area contributed by atoms with Crippen LogP contribution in [0.4, 0.5) is 5.82 Å². The lowest BCUT2D eigenvalue weighted by Gasteiger charge is -2.36. The van der Waals surface area contributed by atoms with Crippen LogP contribution in [-0.4, -0.2) is 43.6 Å². The van der Waals surface area contributed by atoms with Gasteiger partial charge in [0.05, 0.1) is 10.5 Å². The second kappa shape index (κ2) is 8.63. The number of carbonyl (C=O) groups is 1. The molecule has 8 heteroatoms. The Morgan fingerprint density at radius 1 is 1.12 bits per heavy atom. The number of hydrogen-bond acceptors (Lipinski definition) is 6. The summed E-state index contributed by atoms with van der Waals surface area (Å²) in [5.41, 5.74) is 0.943. The van der Waals surface area contributed by atoms with Crippen LogP contribution < -0.4 is 10.5 Å². The second-order valence-electron chi connectivity index (χ2n) is 9.42. The zero-order valence-corrected chi connectivity index (χ0v) is 20.1. The van der Waals surface area contributed by atoms with Gasteiger partial charge in [-0.25, -0.2) is 4.98 Å². The van der Waals surface area contributed by atoms with E-state index in [1.54, 1.807) is 21.6 Å². The highest BCUT2D eigenvalue weighted by Gasteiger charge is 2.38. The molecule has 2 aromatic heterocycles. The van der Waals surface area contributed by atoms with Crippen LogP contribution in [-0.2, 0) is 4.79 Å². The summed E-state index contributed by atoms with van der Waals surface area (Å²) in [6, 6.07) is 5.75. The van der Waals surface area contributed by atoms with Gasteiger partial charge in [-0.1, -0.05) is 56.7 Å². The van der Waals surface area contributed by atoms with Crippen LogP contribution in [0.3, 0.4) is 0 Å². The molecule has 2 saturated heterocycles. The first-order chi connectivity index (χ1) is 15.4. The fourth-order valence-electron chi connectivity index (χ4n) is 5.38. The van der Waals surface area contributed by atoms with Gasteiger partial charge in [0.15, 0.2) is 0 Å². The van der Waals surface area contributed by atoms with Crippen LogP contribution in [0.2, 0.25) is 0 Å². The quantitative estimate of drug-likeness (QED) is 0.494. The summed E-state index contributed by atoms with van der Waals surface area (Å²) in [4.78, 5) is 36.2. The molecule has 2 aromatic rings. The Bertz CT molecular complexity index is 1160. The lowest BCUT2D eigenvalue weighted by atomic mass is 9.91. The van der Waals surface area contributed by atoms with Gasteiger partial charge in [-0.05, 0) is 49.3 Å². The van der Waals surface area contributed by atoms with Crippen molar-refractivity contribution in [3.8, 4) is 0 Å². The van der Waals surface area contributed by atoms with E-state index < -0.39 is 0 Å². The van der Waals surface area contributed by atoms with Crippen molar-refractivity contribution in [2.45, 2.75) is 52.0 Å². The number of piperidine rings is 1. The normalized spacial score (nSPS) is 26.1. The van der Waals surface area contributed by atoms with Gasteiger partial charge in [0, 0.05) is 25.3 Å². The minimum Gasteiger partial charge on any atom is -0.355 e. The fraction of sp³-hybridized carbons (Fsp3) is 0.500. The minimum atomic E-state index is -0.150. The molecule has 168 valence electrons. The Morgan fingerprint density at radius 2 is 1.84 bits per heavy atom. The third-order valence-corrected chi connectivity index (χ3v) is 8.04. The number of pyridine rings is 1. The van der Waals surface area contributed by atoms with Crippen LogP contribution >= 0.6 is 24.0 Å². The third kappa shape index (κ3) is 3.88. The molecule has 0 aromatic carbocycles. The summed E-state index contributed by atoms with van der Waals surface area (Å²) in [5.74, 6) is 1.63. The summed E-state index contributed by atoms with van der Waals surface area (Å²) in [7, 11) is 0. The van der Waals surface area contributed by atoms with Gasteiger partial charge in [-0.15, -0.1) is 0 Å². The molecule has 2 unspecified atom stereocenters. The van der Waals surface area contributed by atoms with Crippen molar-refractivity contribution >= 4 is 51.7 Å². The van der Waals surface area contributed by atoms with Gasteiger partial charge in [-0.2, -0.15) is 0 Å². The number of aromatic nitrogens is 2. The molecule has 0 N–H and O–H groups in total. The predicted molar refractivity (Wildman–Crippen MR) is 134 cm³/mol. The van der Waals surface area contributed by atoms with Crippen molar-refractivity contribution in [1.82, 2.24) is 14.3 Å². The molecule has 5 rings (SSSR count). The second-order valence-corrected chi connectivity index (χ2v) is 11.1. The lowest BCUT2D eigenvalue weighted by molar-refractivity contribution is -0.123. The Kier molecular flexibility index (Phi) is 5.84. The first-order valence-electron chi connectivity index (χ1n) is 11.5. The molecule has 1 aliphatic carbocycles. The molecule has 0 spiro atoms. The smallest absolute Gasteiger partial charge is 0.267 e. The summed E-state index contributed by atoms with van der Waals surface area (Å²) in [5, 5.41) is 0. The minimum absolute atomic E-state index is 0.0733. The fourth-order valence-corrected chi connectivity index (χ4v) is 6.76. The van der Waals surface area contributed by atoms with Gasteiger partial charge >= 0.3 is 0 Å². The van der Waals surface area contributed by atoms with Crippen LogP contribution in [0, 0.1) is 11.8 Å². The zero-order chi connectivity index (χ0) is 22.4. The van der Waals surface area contributed by atoms with Crippen LogP contribution in [0.5, 0.6) is 0 Å². The molecule has 0 radical (unpaired) electrons. The van der Waals surface area contributed by atoms with Crippen molar-refractivity contribution in [2.75, 3.05) is 18.0 Å². The summed E-state index contributed by atoms with van der Waals surface area (Å²) in [6.45, 7) is 6.18. The average Bonchev–Trinajstić information content (AvgIpc) is 3.37. The Morgan fingerprint density at radius 3 is 2.56 bits per heavy atom. The third-order valence-electron chi connectivity index (χ3n) is 6.71. The molecule has 6 nitrogen and oxygen atoms in total. The van der Waals surface area contributed by atoms with Gasteiger partial charge < -0.3 is 4.90 Å². The van der Waals surface area contributed by atoms with E-state index in [1.165, 1.54) is 18.2 Å². The number of anilines is 1. The Labute approximate surface area is 197 Å². The van der Waals surface area contributed by atoms with Crippen molar-refractivity contribution in [2.24, 2.45) is 11.8 Å². The molecule has 3 fully saturated rings. The standard InChI is InChI=1S/C24H28N4O2S2/c1-15-11-16(2)14-26(13-15)21-18(22(29)27-10-6-5-9-20(27)25-21)12-19-23(30)28(24(31)32-19)17-7-3-4-8-17/h5-6,9-10,12,15-17H,3-4,7-8,11,13-14H2,1-2H3/b19-12-. The monoisotopic (exact) mass is 468 g/mol. The molecule has 2 atom stereocenters. The van der Waals surface area contributed by atoms with Crippen LogP contribution in [0.1, 0.15) is 51.5 Å². The number of nitrogens with zero attached hydrogens (tertiary/aromatic N) is 4. The molecular weight excluding hydrogens is 440 g/mol. The van der Waals surface area contributed by atoms with E-state index in [1.807, 2.05) is 18.2 Å². The average molecular weight is 469 g/mol. The lowest BCUT2D eigenvalue weighted by Crippen LogP contribution is -2.40. The largest absolute Gasteiger partial charge is 0.355 e. The van der Waals surface area contributed by atoms with E-state index in [0.29, 0.717) is 38.1 Å². The molecular formula is C24H28N4O2S2. The van der Waals surface area contributed by atoms with E-state index in [9.17, 15) is 9.59 Å². The predicted octanol–water partition coefficient (Wildman–Crippen LogP) is 4.32. The van der Waals surface area contributed by atoms with Gasteiger partial charge in [0.2, 0.25) is 0 Å². The topological polar surface area (TPSA) is 57.9 Å². The maximum atomic E-state index is 13.6. The molecule has 4 heterocycles. The van der Waals surface area contributed by atoms with E-state index in [4.69, 9.17) is 17.2 Å². The van der Waals surface area contributed by atoms with Gasteiger partial charge in [0.25, 0.3) is 11.5 Å². The number of amides is 1. The number of thiocarbonyl (C=S) groups is 1. The highest BCUT2D eigenvalue weighted by atomic mass is 32.2. The van der Waals surface area contributed by atoms with Crippen molar-refractivity contribution in [1.29, 1.82) is 0 Å².